The summed E-state index contributed by atoms with van der Waals surface area (Å²) in [5, 5.41) is 3.40. The standard InChI is InChI=1S/C21H26N8.HI/c1-2-22-20(28-11-13-29(14-12-28)21-23-9-6-10-24-21)26-16-19-25-15-18(27-19)17-7-4-3-5-8-17;/h3-10,15H,2,11-14,16H2,1H3,(H,22,26)(H,25,27);1H. The van der Waals surface area contributed by atoms with Crippen LogP contribution in [-0.2, 0) is 6.54 Å². The van der Waals surface area contributed by atoms with E-state index in [9.17, 15) is 0 Å². The average Bonchev–Trinajstić information content (AvgIpc) is 3.27. The molecule has 0 atom stereocenters. The fraction of sp³-hybridized carbons (Fsp3) is 0.333. The molecule has 0 aliphatic carbocycles. The maximum atomic E-state index is 4.80. The molecule has 3 heterocycles. The number of aromatic amines is 1. The zero-order chi connectivity index (χ0) is 19.9. The number of aliphatic imine (C=N–C) groups is 1. The molecule has 0 amide bonds. The lowest BCUT2D eigenvalue weighted by Gasteiger charge is -2.36. The second-order valence-electron chi connectivity index (χ2n) is 6.80. The van der Waals surface area contributed by atoms with Gasteiger partial charge in [-0.25, -0.2) is 19.9 Å². The molecule has 0 unspecified atom stereocenters. The molecule has 2 N–H and O–H groups in total. The predicted molar refractivity (Wildman–Crippen MR) is 130 cm³/mol. The maximum absolute atomic E-state index is 4.80. The van der Waals surface area contributed by atoms with Crippen molar-refractivity contribution in [3.05, 3.63) is 60.8 Å². The summed E-state index contributed by atoms with van der Waals surface area (Å²) in [4.78, 5) is 25.8. The van der Waals surface area contributed by atoms with Crippen LogP contribution in [0.25, 0.3) is 11.3 Å². The number of anilines is 1. The Labute approximate surface area is 193 Å². The molecule has 2 aromatic heterocycles. The van der Waals surface area contributed by atoms with E-state index in [1.165, 1.54) is 0 Å². The summed E-state index contributed by atoms with van der Waals surface area (Å²) in [6.07, 6.45) is 5.44. The molecule has 9 heteroatoms. The number of imidazole rings is 1. The van der Waals surface area contributed by atoms with Crippen LogP contribution >= 0.6 is 24.0 Å². The van der Waals surface area contributed by atoms with E-state index in [2.05, 4.69) is 54.1 Å². The molecule has 0 spiro atoms. The van der Waals surface area contributed by atoms with Gasteiger partial charge in [0, 0.05) is 45.1 Å². The van der Waals surface area contributed by atoms with Crippen LogP contribution in [-0.4, -0.2) is 63.5 Å². The van der Waals surface area contributed by atoms with Crippen LogP contribution in [0.5, 0.6) is 0 Å². The zero-order valence-corrected chi connectivity index (χ0v) is 19.4. The number of rotatable bonds is 5. The topological polar surface area (TPSA) is 85.3 Å². The molecule has 0 radical (unpaired) electrons. The zero-order valence-electron chi connectivity index (χ0n) is 17.0. The van der Waals surface area contributed by atoms with Gasteiger partial charge < -0.3 is 20.1 Å². The molecule has 1 aromatic carbocycles. The van der Waals surface area contributed by atoms with Crippen LogP contribution in [0.2, 0.25) is 0 Å². The van der Waals surface area contributed by atoms with E-state index in [-0.39, 0.29) is 24.0 Å². The summed E-state index contributed by atoms with van der Waals surface area (Å²) in [5.41, 5.74) is 2.14. The van der Waals surface area contributed by atoms with Gasteiger partial charge in [-0.05, 0) is 18.6 Å². The first-order valence-corrected chi connectivity index (χ1v) is 9.98. The molecule has 1 fully saturated rings. The van der Waals surface area contributed by atoms with Crippen LogP contribution in [0.1, 0.15) is 12.7 Å². The Hall–Kier alpha value is -2.69. The molecule has 1 aliphatic heterocycles. The highest BCUT2D eigenvalue weighted by Crippen LogP contribution is 2.16. The first kappa shape index (κ1) is 22.0. The quantitative estimate of drug-likeness (QED) is 0.307. The molecular formula is C21H27IN8. The van der Waals surface area contributed by atoms with Gasteiger partial charge in [-0.2, -0.15) is 0 Å². The number of nitrogens with one attached hydrogen (secondary N) is 2. The number of nitrogens with zero attached hydrogens (tertiary/aromatic N) is 6. The van der Waals surface area contributed by atoms with Gasteiger partial charge >= 0.3 is 0 Å². The first-order valence-electron chi connectivity index (χ1n) is 9.98. The van der Waals surface area contributed by atoms with Gasteiger partial charge in [0.2, 0.25) is 5.95 Å². The summed E-state index contributed by atoms with van der Waals surface area (Å²) in [6, 6.07) is 12.0. The van der Waals surface area contributed by atoms with Crippen molar-refractivity contribution in [2.75, 3.05) is 37.6 Å². The van der Waals surface area contributed by atoms with E-state index < -0.39 is 0 Å². The summed E-state index contributed by atoms with van der Waals surface area (Å²) in [6.45, 7) is 6.91. The van der Waals surface area contributed by atoms with Crippen molar-refractivity contribution in [1.82, 2.24) is 30.2 Å². The van der Waals surface area contributed by atoms with Gasteiger partial charge in [-0.1, -0.05) is 30.3 Å². The normalized spacial score (nSPS) is 14.4. The van der Waals surface area contributed by atoms with Crippen LogP contribution in [0.3, 0.4) is 0 Å². The predicted octanol–water partition coefficient (Wildman–Crippen LogP) is 2.77. The van der Waals surface area contributed by atoms with Gasteiger partial charge in [-0.15, -0.1) is 24.0 Å². The van der Waals surface area contributed by atoms with Gasteiger partial charge in [0.15, 0.2) is 5.96 Å². The third-order valence-corrected chi connectivity index (χ3v) is 4.84. The minimum Gasteiger partial charge on any atom is -0.357 e. The van der Waals surface area contributed by atoms with Crippen LogP contribution in [0.4, 0.5) is 5.95 Å². The second kappa shape index (κ2) is 10.9. The SMILES string of the molecule is CCNC(=NCc1ncc(-c2ccccc2)[nH]1)N1CCN(c2ncccn2)CC1.I. The van der Waals surface area contributed by atoms with Crippen molar-refractivity contribution in [2.45, 2.75) is 13.5 Å². The van der Waals surface area contributed by atoms with Crippen LogP contribution < -0.4 is 10.2 Å². The van der Waals surface area contributed by atoms with E-state index in [1.807, 2.05) is 30.5 Å². The number of aromatic nitrogens is 4. The number of H-pyrrole nitrogens is 1. The molecular weight excluding hydrogens is 491 g/mol. The van der Waals surface area contributed by atoms with E-state index in [1.54, 1.807) is 12.4 Å². The molecule has 4 rings (SSSR count). The summed E-state index contributed by atoms with van der Waals surface area (Å²) in [5.74, 6) is 2.56. The largest absolute Gasteiger partial charge is 0.357 e. The highest BCUT2D eigenvalue weighted by molar-refractivity contribution is 14.0. The fourth-order valence-electron chi connectivity index (χ4n) is 3.36. The van der Waals surface area contributed by atoms with Crippen molar-refractivity contribution in [2.24, 2.45) is 4.99 Å². The third-order valence-electron chi connectivity index (χ3n) is 4.84. The number of hydrogen-bond acceptors (Lipinski definition) is 5. The molecule has 0 bridgehead atoms. The van der Waals surface area contributed by atoms with Crippen molar-refractivity contribution in [1.29, 1.82) is 0 Å². The average molecular weight is 518 g/mol. The molecule has 158 valence electrons. The minimum absolute atomic E-state index is 0. The Morgan fingerprint density at radius 1 is 1.03 bits per heavy atom. The van der Waals surface area contributed by atoms with Crippen molar-refractivity contribution in [3.63, 3.8) is 0 Å². The monoisotopic (exact) mass is 518 g/mol. The summed E-state index contributed by atoms with van der Waals surface area (Å²) in [7, 11) is 0. The van der Waals surface area contributed by atoms with Gasteiger partial charge in [0.05, 0.1) is 11.9 Å². The van der Waals surface area contributed by atoms with Crippen LogP contribution in [0.15, 0.2) is 60.0 Å². The molecule has 0 saturated carbocycles. The van der Waals surface area contributed by atoms with Gasteiger partial charge in [0.25, 0.3) is 0 Å². The highest BCUT2D eigenvalue weighted by Gasteiger charge is 2.21. The van der Waals surface area contributed by atoms with Crippen molar-refractivity contribution < 1.29 is 0 Å². The third kappa shape index (κ3) is 5.47. The Morgan fingerprint density at radius 3 is 2.47 bits per heavy atom. The molecule has 1 aliphatic rings. The van der Waals surface area contributed by atoms with E-state index in [0.717, 1.165) is 61.7 Å². The number of hydrogen-bond donors (Lipinski definition) is 2. The highest BCUT2D eigenvalue weighted by atomic mass is 127. The van der Waals surface area contributed by atoms with E-state index in [0.29, 0.717) is 6.54 Å². The lowest BCUT2D eigenvalue weighted by atomic mass is 10.2. The van der Waals surface area contributed by atoms with E-state index in [4.69, 9.17) is 4.99 Å². The summed E-state index contributed by atoms with van der Waals surface area (Å²) >= 11 is 0. The Balaban J connectivity index is 0.00000256. The second-order valence-corrected chi connectivity index (χ2v) is 6.80. The number of piperazine rings is 1. The summed E-state index contributed by atoms with van der Waals surface area (Å²) < 4.78 is 0. The first-order chi connectivity index (χ1) is 14.3. The number of guanidine groups is 1. The maximum Gasteiger partial charge on any atom is 0.225 e. The molecule has 1 saturated heterocycles. The molecule has 30 heavy (non-hydrogen) atoms. The minimum atomic E-state index is 0. The lowest BCUT2D eigenvalue weighted by Crippen LogP contribution is -2.53. The number of benzene rings is 1. The lowest BCUT2D eigenvalue weighted by molar-refractivity contribution is 0.370. The van der Waals surface area contributed by atoms with Crippen molar-refractivity contribution in [3.8, 4) is 11.3 Å². The van der Waals surface area contributed by atoms with E-state index >= 15 is 0 Å². The number of halogens is 1. The fourth-order valence-corrected chi connectivity index (χ4v) is 3.36. The van der Waals surface area contributed by atoms with Crippen LogP contribution in [0, 0.1) is 0 Å². The molecule has 3 aromatic rings. The van der Waals surface area contributed by atoms with Crippen molar-refractivity contribution >= 4 is 35.9 Å². The smallest absolute Gasteiger partial charge is 0.225 e. The van der Waals surface area contributed by atoms with Gasteiger partial charge in [0.1, 0.15) is 12.4 Å². The Morgan fingerprint density at radius 2 is 1.77 bits per heavy atom. The van der Waals surface area contributed by atoms with Gasteiger partial charge in [-0.3, -0.25) is 0 Å². The Bertz CT molecular complexity index is 920. The molecule has 8 nitrogen and oxygen atoms in total. The Kier molecular flexibility index (Phi) is 8.00.